The van der Waals surface area contributed by atoms with Crippen LogP contribution in [0.2, 0.25) is 0 Å². The maximum absolute atomic E-state index is 5.25. The summed E-state index contributed by atoms with van der Waals surface area (Å²) >= 11 is 0. The molecule has 56 valence electrons. The van der Waals surface area contributed by atoms with Gasteiger partial charge in [-0.25, -0.2) is 0 Å². The monoisotopic (exact) mass is 146 g/mol. The Kier molecular flexibility index (Phi) is 2.73. The summed E-state index contributed by atoms with van der Waals surface area (Å²) < 4.78 is 5.09. The summed E-state index contributed by atoms with van der Waals surface area (Å²) in [6, 6.07) is 7.71. The fourth-order valence-corrected chi connectivity index (χ4v) is 0.908. The molecule has 1 aromatic carbocycles. The predicted molar refractivity (Wildman–Crippen MR) is 46.3 cm³/mol. The fraction of sp³-hybridized carbons (Fsp3) is 0.100. The van der Waals surface area contributed by atoms with Crippen LogP contribution in [0.15, 0.2) is 30.3 Å². The largest absolute Gasteiger partial charge is 0.496 e. The molecule has 1 rings (SSSR count). The van der Waals surface area contributed by atoms with E-state index in [4.69, 9.17) is 11.7 Å². The van der Waals surface area contributed by atoms with Crippen molar-refractivity contribution >= 4 is 6.08 Å². The quantitative estimate of drug-likeness (QED) is 0.622. The Morgan fingerprint density at radius 3 is 2.73 bits per heavy atom. The van der Waals surface area contributed by atoms with Crippen LogP contribution in [-0.2, 0) is 0 Å². The van der Waals surface area contributed by atoms with E-state index in [1.54, 1.807) is 13.2 Å². The van der Waals surface area contributed by atoms with Crippen molar-refractivity contribution in [3.63, 3.8) is 0 Å². The molecular weight excluding hydrogens is 136 g/mol. The van der Waals surface area contributed by atoms with Gasteiger partial charge in [0.2, 0.25) is 0 Å². The summed E-state index contributed by atoms with van der Waals surface area (Å²) in [6.45, 7) is 5.25. The molecule has 2 radical (unpaired) electrons. The van der Waals surface area contributed by atoms with Crippen LogP contribution in [0.4, 0.5) is 0 Å². The Bertz CT molecular complexity index is 251. The molecule has 0 heterocycles. The SMILES string of the molecule is [CH]/C=C/c1ccccc1OC. The van der Waals surface area contributed by atoms with Gasteiger partial charge in [-0.15, -0.1) is 0 Å². The number of rotatable bonds is 2. The predicted octanol–water partition coefficient (Wildman–Crippen LogP) is 2.42. The Labute approximate surface area is 67.3 Å². The molecule has 0 saturated carbocycles. The van der Waals surface area contributed by atoms with Gasteiger partial charge in [0.15, 0.2) is 0 Å². The minimum atomic E-state index is 0.842. The molecule has 0 atom stereocenters. The maximum Gasteiger partial charge on any atom is 0.126 e. The van der Waals surface area contributed by atoms with E-state index >= 15 is 0 Å². The highest BCUT2D eigenvalue weighted by Gasteiger charge is 1.94. The van der Waals surface area contributed by atoms with Crippen LogP contribution in [0.1, 0.15) is 5.56 Å². The molecule has 0 amide bonds. The number of methoxy groups -OCH3 is 1. The molecule has 0 aliphatic carbocycles. The van der Waals surface area contributed by atoms with Gasteiger partial charge in [-0.2, -0.15) is 0 Å². The van der Waals surface area contributed by atoms with Crippen molar-refractivity contribution in [2.45, 2.75) is 0 Å². The Morgan fingerprint density at radius 1 is 1.36 bits per heavy atom. The summed E-state index contributed by atoms with van der Waals surface area (Å²) in [7, 11) is 1.64. The van der Waals surface area contributed by atoms with Crippen LogP contribution in [0.5, 0.6) is 5.75 Å². The molecule has 1 heteroatoms. The number of para-hydroxylation sites is 1. The second kappa shape index (κ2) is 3.81. The number of benzene rings is 1. The molecule has 11 heavy (non-hydrogen) atoms. The molecule has 0 aliphatic heterocycles. The minimum absolute atomic E-state index is 0.842. The van der Waals surface area contributed by atoms with Gasteiger partial charge in [0.25, 0.3) is 0 Å². The zero-order valence-corrected chi connectivity index (χ0v) is 6.45. The number of allylic oxidation sites excluding steroid dienone is 1. The van der Waals surface area contributed by atoms with E-state index in [1.165, 1.54) is 6.08 Å². The van der Waals surface area contributed by atoms with Crippen molar-refractivity contribution in [1.82, 2.24) is 0 Å². The van der Waals surface area contributed by atoms with Gasteiger partial charge in [-0.1, -0.05) is 30.4 Å². The van der Waals surface area contributed by atoms with E-state index in [2.05, 4.69) is 0 Å². The van der Waals surface area contributed by atoms with Crippen molar-refractivity contribution in [2.24, 2.45) is 0 Å². The first kappa shape index (κ1) is 7.86. The molecular formula is C10H10O. The highest BCUT2D eigenvalue weighted by atomic mass is 16.5. The van der Waals surface area contributed by atoms with Crippen molar-refractivity contribution in [1.29, 1.82) is 0 Å². The van der Waals surface area contributed by atoms with Crippen LogP contribution in [-0.4, -0.2) is 7.11 Å². The molecule has 1 aromatic rings. The van der Waals surface area contributed by atoms with Crippen molar-refractivity contribution in [2.75, 3.05) is 7.11 Å². The molecule has 0 aromatic heterocycles. The average Bonchev–Trinajstić information content (AvgIpc) is 2.06. The number of hydrogen-bond donors (Lipinski definition) is 0. The highest BCUT2D eigenvalue weighted by Crippen LogP contribution is 2.18. The van der Waals surface area contributed by atoms with Crippen LogP contribution in [0, 0.1) is 6.92 Å². The van der Waals surface area contributed by atoms with Gasteiger partial charge in [-0.3, -0.25) is 0 Å². The molecule has 0 bridgehead atoms. The molecule has 0 unspecified atom stereocenters. The van der Waals surface area contributed by atoms with Crippen LogP contribution < -0.4 is 4.74 Å². The third-order valence-corrected chi connectivity index (χ3v) is 1.41. The highest BCUT2D eigenvalue weighted by molar-refractivity contribution is 5.57. The van der Waals surface area contributed by atoms with Crippen LogP contribution >= 0.6 is 0 Å². The first-order chi connectivity index (χ1) is 5.38. The zero-order valence-electron chi connectivity index (χ0n) is 6.45. The molecule has 0 fully saturated rings. The van der Waals surface area contributed by atoms with Gasteiger partial charge in [0, 0.05) is 5.56 Å². The van der Waals surface area contributed by atoms with Crippen molar-refractivity contribution in [3.8, 4) is 5.75 Å². The van der Waals surface area contributed by atoms with Crippen LogP contribution in [0.25, 0.3) is 6.08 Å². The zero-order chi connectivity index (χ0) is 8.10. The third kappa shape index (κ3) is 1.84. The van der Waals surface area contributed by atoms with E-state index in [1.807, 2.05) is 24.3 Å². The lowest BCUT2D eigenvalue weighted by atomic mass is 10.2. The number of hydrogen-bond acceptors (Lipinski definition) is 1. The summed E-state index contributed by atoms with van der Waals surface area (Å²) in [5, 5.41) is 0. The van der Waals surface area contributed by atoms with Gasteiger partial charge in [0.05, 0.1) is 7.11 Å². The summed E-state index contributed by atoms with van der Waals surface area (Å²) in [5.74, 6) is 0.842. The lowest BCUT2D eigenvalue weighted by molar-refractivity contribution is 0.414. The first-order valence-electron chi connectivity index (χ1n) is 3.40. The third-order valence-electron chi connectivity index (χ3n) is 1.41. The Balaban J connectivity index is 3.02. The Hall–Kier alpha value is -1.24. The molecule has 0 aliphatic rings. The Morgan fingerprint density at radius 2 is 2.09 bits per heavy atom. The normalized spacial score (nSPS) is 10.4. The van der Waals surface area contributed by atoms with Gasteiger partial charge >= 0.3 is 0 Å². The summed E-state index contributed by atoms with van der Waals surface area (Å²) in [6.07, 6.45) is 3.30. The topological polar surface area (TPSA) is 9.23 Å². The molecule has 0 N–H and O–H groups in total. The van der Waals surface area contributed by atoms with Crippen molar-refractivity contribution in [3.05, 3.63) is 42.8 Å². The summed E-state index contributed by atoms with van der Waals surface area (Å²) in [5.41, 5.74) is 0.998. The second-order valence-corrected chi connectivity index (χ2v) is 2.10. The van der Waals surface area contributed by atoms with E-state index in [9.17, 15) is 0 Å². The van der Waals surface area contributed by atoms with Gasteiger partial charge in [-0.05, 0) is 13.0 Å². The first-order valence-corrected chi connectivity index (χ1v) is 3.40. The van der Waals surface area contributed by atoms with E-state index in [-0.39, 0.29) is 0 Å². The molecule has 0 spiro atoms. The fourth-order valence-electron chi connectivity index (χ4n) is 0.908. The lowest BCUT2D eigenvalue weighted by Crippen LogP contribution is -1.84. The van der Waals surface area contributed by atoms with E-state index in [0.29, 0.717) is 0 Å². The minimum Gasteiger partial charge on any atom is -0.496 e. The second-order valence-electron chi connectivity index (χ2n) is 2.10. The molecule has 0 saturated heterocycles. The van der Waals surface area contributed by atoms with E-state index < -0.39 is 0 Å². The molecule has 1 nitrogen and oxygen atoms in total. The van der Waals surface area contributed by atoms with Crippen molar-refractivity contribution < 1.29 is 4.74 Å². The smallest absolute Gasteiger partial charge is 0.126 e. The lowest BCUT2D eigenvalue weighted by Gasteiger charge is -2.02. The summed E-state index contributed by atoms with van der Waals surface area (Å²) in [4.78, 5) is 0. The standard InChI is InChI=1S/C10H10O/c1-3-6-9-7-4-5-8-10(9)11-2/h1,3-8H,2H3/b6-3+. The van der Waals surface area contributed by atoms with Gasteiger partial charge < -0.3 is 4.74 Å². The average molecular weight is 146 g/mol. The number of ether oxygens (including phenoxy) is 1. The van der Waals surface area contributed by atoms with Crippen LogP contribution in [0.3, 0.4) is 0 Å². The van der Waals surface area contributed by atoms with E-state index in [0.717, 1.165) is 11.3 Å². The van der Waals surface area contributed by atoms with Gasteiger partial charge in [0.1, 0.15) is 5.75 Å². The maximum atomic E-state index is 5.25.